The topological polar surface area (TPSA) is 127 Å². The van der Waals surface area contributed by atoms with Crippen LogP contribution in [-0.4, -0.2) is 84.7 Å². The number of benzene rings is 2. The van der Waals surface area contributed by atoms with Gasteiger partial charge in [-0.3, -0.25) is 14.4 Å². The highest BCUT2D eigenvalue weighted by molar-refractivity contribution is 5.99. The summed E-state index contributed by atoms with van der Waals surface area (Å²) in [6.07, 6.45) is 3.04. The second kappa shape index (κ2) is 11.2. The lowest BCUT2D eigenvalue weighted by Crippen LogP contribution is -2.57. The number of aromatic nitrogens is 3. The number of nitrogens with zero attached hydrogens (tertiary/aromatic N) is 5. The number of rotatable bonds is 11. The lowest BCUT2D eigenvalue weighted by Gasteiger charge is -2.39. The molecule has 3 aliphatic rings. The number of aliphatic hydroxyl groups is 1. The molecule has 0 saturated carbocycles. The van der Waals surface area contributed by atoms with Gasteiger partial charge in [-0.05, 0) is 43.9 Å². The van der Waals surface area contributed by atoms with Crippen LogP contribution in [-0.2, 0) is 30.5 Å². The third kappa shape index (κ3) is 4.36. The van der Waals surface area contributed by atoms with Gasteiger partial charge in [0.25, 0.3) is 0 Å². The summed E-state index contributed by atoms with van der Waals surface area (Å²) in [7, 11) is 0. The summed E-state index contributed by atoms with van der Waals surface area (Å²) in [5.41, 5.74) is -0.0631. The van der Waals surface area contributed by atoms with Gasteiger partial charge in [-0.2, -0.15) is 0 Å². The monoisotopic (exact) mass is 587 g/mol. The number of esters is 1. The second-order valence-electron chi connectivity index (χ2n) is 11.5. The van der Waals surface area contributed by atoms with Crippen LogP contribution in [0.2, 0.25) is 0 Å². The second-order valence-corrected chi connectivity index (χ2v) is 11.5. The first-order valence-electron chi connectivity index (χ1n) is 14.9. The standard InChI is InChI=1S/C32H37N5O6/c1-4-18-35(20-36-23-15-11-10-14-22(23)33-34-36)29(40)27-32-17-16-31(5-2,43-32)26(30(41)42-6-3)25(32)28(39)37(27)24(19-38)21-12-8-7-9-13-21/h4,7-15,24-27,38H,1,5-6,16-20H2,2-3H3/t24-,25+,26-,27?,31+,32?/m1/s1. The van der Waals surface area contributed by atoms with Gasteiger partial charge in [0.05, 0.1) is 36.3 Å². The van der Waals surface area contributed by atoms with E-state index in [-0.39, 0.29) is 31.6 Å². The highest BCUT2D eigenvalue weighted by Gasteiger charge is 2.79. The molecule has 11 nitrogen and oxygen atoms in total. The minimum absolute atomic E-state index is 0.0556. The molecule has 4 heterocycles. The van der Waals surface area contributed by atoms with Crippen LogP contribution in [0.1, 0.15) is 44.7 Å². The largest absolute Gasteiger partial charge is 0.466 e. The van der Waals surface area contributed by atoms with E-state index in [1.54, 1.807) is 22.6 Å². The lowest BCUT2D eigenvalue weighted by atomic mass is 9.65. The van der Waals surface area contributed by atoms with E-state index in [4.69, 9.17) is 9.47 Å². The van der Waals surface area contributed by atoms with Gasteiger partial charge in [-0.1, -0.05) is 60.7 Å². The summed E-state index contributed by atoms with van der Waals surface area (Å²) >= 11 is 0. The molecule has 3 aromatic rings. The molecule has 3 saturated heterocycles. The molecule has 2 amide bonds. The van der Waals surface area contributed by atoms with Crippen LogP contribution in [0.4, 0.5) is 0 Å². The van der Waals surface area contributed by atoms with Gasteiger partial charge in [0.15, 0.2) is 0 Å². The fourth-order valence-electron chi connectivity index (χ4n) is 7.62. The number of likely N-dealkylation sites (tertiary alicyclic amines) is 1. The molecule has 0 aliphatic carbocycles. The molecule has 1 spiro atoms. The van der Waals surface area contributed by atoms with Crippen molar-refractivity contribution in [2.45, 2.75) is 63.1 Å². The molecular weight excluding hydrogens is 550 g/mol. The minimum Gasteiger partial charge on any atom is -0.466 e. The van der Waals surface area contributed by atoms with Crippen LogP contribution in [0.15, 0.2) is 67.3 Å². The Kier molecular flexibility index (Phi) is 7.55. The molecule has 0 radical (unpaired) electrons. The van der Waals surface area contributed by atoms with E-state index in [0.29, 0.717) is 30.3 Å². The lowest BCUT2D eigenvalue weighted by molar-refractivity contribution is -0.163. The van der Waals surface area contributed by atoms with Crippen molar-refractivity contribution >= 4 is 28.8 Å². The number of aliphatic hydroxyl groups excluding tert-OH is 1. The molecule has 6 rings (SSSR count). The third-order valence-electron chi connectivity index (χ3n) is 9.47. The summed E-state index contributed by atoms with van der Waals surface area (Å²) in [6, 6.07) is 14.7. The van der Waals surface area contributed by atoms with E-state index in [1.807, 2.05) is 61.5 Å². The molecule has 1 N–H and O–H groups in total. The predicted octanol–water partition coefficient (Wildman–Crippen LogP) is 2.85. The summed E-state index contributed by atoms with van der Waals surface area (Å²) in [5.74, 6) is -3.04. The molecule has 1 aromatic heterocycles. The molecule has 3 fully saturated rings. The number of carbonyl (C=O) groups excluding carboxylic acids is 3. The van der Waals surface area contributed by atoms with Crippen molar-refractivity contribution in [2.24, 2.45) is 11.8 Å². The molecule has 226 valence electrons. The Balaban J connectivity index is 1.47. The zero-order chi connectivity index (χ0) is 30.4. The number of carbonyl (C=O) groups is 3. The van der Waals surface area contributed by atoms with E-state index in [1.165, 1.54) is 4.90 Å². The van der Waals surface area contributed by atoms with Crippen LogP contribution >= 0.6 is 0 Å². The van der Waals surface area contributed by atoms with E-state index < -0.39 is 47.7 Å². The van der Waals surface area contributed by atoms with Crippen molar-refractivity contribution in [3.05, 3.63) is 72.8 Å². The van der Waals surface area contributed by atoms with Crippen molar-refractivity contribution in [3.8, 4) is 0 Å². The van der Waals surface area contributed by atoms with Crippen molar-refractivity contribution < 1.29 is 29.0 Å². The molecule has 2 unspecified atom stereocenters. The number of ether oxygens (including phenoxy) is 2. The smallest absolute Gasteiger partial charge is 0.312 e. The Bertz CT molecular complexity index is 1540. The van der Waals surface area contributed by atoms with E-state index >= 15 is 0 Å². The maximum absolute atomic E-state index is 14.9. The minimum atomic E-state index is -1.27. The Morgan fingerprint density at radius 3 is 2.63 bits per heavy atom. The Morgan fingerprint density at radius 2 is 1.93 bits per heavy atom. The summed E-state index contributed by atoms with van der Waals surface area (Å²) < 4.78 is 14.0. The number of hydrogen-bond acceptors (Lipinski definition) is 8. The summed E-state index contributed by atoms with van der Waals surface area (Å²) in [4.78, 5) is 46.0. The van der Waals surface area contributed by atoms with Crippen LogP contribution in [0.3, 0.4) is 0 Å². The average molecular weight is 588 g/mol. The van der Waals surface area contributed by atoms with Crippen LogP contribution in [0.25, 0.3) is 11.0 Å². The highest BCUT2D eigenvalue weighted by Crippen LogP contribution is 2.65. The van der Waals surface area contributed by atoms with Gasteiger partial charge in [0, 0.05) is 6.54 Å². The first kappa shape index (κ1) is 29.0. The van der Waals surface area contributed by atoms with E-state index in [9.17, 15) is 19.5 Å². The van der Waals surface area contributed by atoms with Gasteiger partial charge < -0.3 is 24.4 Å². The molecule has 2 aromatic carbocycles. The molecule has 43 heavy (non-hydrogen) atoms. The molecule has 11 heteroatoms. The number of para-hydroxylation sites is 1. The maximum atomic E-state index is 14.9. The van der Waals surface area contributed by atoms with Crippen LogP contribution < -0.4 is 0 Å². The quantitative estimate of drug-likeness (QED) is 0.268. The normalized spacial score (nSPS) is 28.2. The SMILES string of the molecule is C=CCN(Cn1nnc2ccccc21)C(=O)C1N([C@H](CO)c2ccccc2)C(=O)[C@@H]2[C@H](C(=O)OCC)[C@]3(CC)CCC12O3. The predicted molar refractivity (Wildman–Crippen MR) is 156 cm³/mol. The first-order valence-corrected chi connectivity index (χ1v) is 14.9. The fourth-order valence-corrected chi connectivity index (χ4v) is 7.62. The third-order valence-corrected chi connectivity index (χ3v) is 9.47. The highest BCUT2D eigenvalue weighted by atomic mass is 16.6. The number of hydrogen-bond donors (Lipinski definition) is 1. The van der Waals surface area contributed by atoms with Crippen molar-refractivity contribution in [1.82, 2.24) is 24.8 Å². The van der Waals surface area contributed by atoms with Crippen LogP contribution in [0, 0.1) is 11.8 Å². The Morgan fingerprint density at radius 1 is 1.19 bits per heavy atom. The van der Waals surface area contributed by atoms with Crippen molar-refractivity contribution in [2.75, 3.05) is 19.8 Å². The van der Waals surface area contributed by atoms with Crippen LogP contribution in [0.5, 0.6) is 0 Å². The molecule has 3 aliphatic heterocycles. The van der Waals surface area contributed by atoms with Gasteiger partial charge in [-0.25, -0.2) is 4.68 Å². The number of amides is 2. The Labute approximate surface area is 250 Å². The number of fused-ring (bicyclic) bond motifs is 2. The molecule has 6 atom stereocenters. The van der Waals surface area contributed by atoms with Gasteiger partial charge >= 0.3 is 5.97 Å². The zero-order valence-electron chi connectivity index (χ0n) is 24.5. The Hall–Kier alpha value is -4.09. The van der Waals surface area contributed by atoms with Gasteiger partial charge in [-0.15, -0.1) is 11.7 Å². The average Bonchev–Trinajstić information content (AvgIpc) is 3.75. The van der Waals surface area contributed by atoms with Gasteiger partial charge in [0.2, 0.25) is 11.8 Å². The maximum Gasteiger partial charge on any atom is 0.312 e. The summed E-state index contributed by atoms with van der Waals surface area (Å²) in [5, 5.41) is 19.2. The first-order chi connectivity index (χ1) is 20.9. The molecular formula is C32H37N5O6. The van der Waals surface area contributed by atoms with Gasteiger partial charge in [0.1, 0.15) is 29.7 Å². The van der Waals surface area contributed by atoms with Crippen molar-refractivity contribution in [1.29, 1.82) is 0 Å². The summed E-state index contributed by atoms with van der Waals surface area (Å²) in [6.45, 7) is 7.51. The van der Waals surface area contributed by atoms with E-state index in [0.717, 1.165) is 5.52 Å². The van der Waals surface area contributed by atoms with E-state index in [2.05, 4.69) is 16.9 Å². The zero-order valence-corrected chi connectivity index (χ0v) is 24.5. The van der Waals surface area contributed by atoms with Crippen molar-refractivity contribution in [3.63, 3.8) is 0 Å². The fraction of sp³-hybridized carbons (Fsp3) is 0.469. The molecule has 2 bridgehead atoms.